The minimum absolute atomic E-state index is 0.0685. The molecular weight excluding hydrogens is 358 g/mol. The van der Waals surface area contributed by atoms with Crippen molar-refractivity contribution in [3.63, 3.8) is 0 Å². The molecule has 2 amide bonds. The molecule has 2 bridgehead atoms. The summed E-state index contributed by atoms with van der Waals surface area (Å²) < 4.78 is 5.63. The topological polar surface area (TPSA) is 87.7 Å². The molecule has 5 rings (SSSR count). The highest BCUT2D eigenvalue weighted by molar-refractivity contribution is 5.99. The van der Waals surface area contributed by atoms with Gasteiger partial charge in [0.15, 0.2) is 0 Å². The van der Waals surface area contributed by atoms with Crippen molar-refractivity contribution in [2.24, 2.45) is 11.8 Å². The third-order valence-corrected chi connectivity index (χ3v) is 6.27. The Balaban J connectivity index is 1.40. The minimum atomic E-state index is -0.492. The molecule has 1 N–H and O–H groups in total. The van der Waals surface area contributed by atoms with Gasteiger partial charge in [0.2, 0.25) is 5.91 Å². The smallest absolute Gasteiger partial charge is 0.410 e. The number of nitrogens with zero attached hydrogens (tertiary/aromatic N) is 4. The normalized spacial score (nSPS) is 30.9. The first kappa shape index (κ1) is 17.7. The number of carbonyl (C=O) groups excluding carboxylic acids is 2. The van der Waals surface area contributed by atoms with Crippen LogP contribution in [0.4, 0.5) is 16.4 Å². The number of anilines is 2. The summed E-state index contributed by atoms with van der Waals surface area (Å²) in [5.74, 6) is 2.46. The maximum atomic E-state index is 12.7. The van der Waals surface area contributed by atoms with Gasteiger partial charge in [-0.25, -0.2) is 14.8 Å². The number of hydrogen-bond donors (Lipinski definition) is 1. The number of hydrogen-bond acceptors (Lipinski definition) is 6. The van der Waals surface area contributed by atoms with Crippen LogP contribution in [-0.4, -0.2) is 58.1 Å². The van der Waals surface area contributed by atoms with E-state index in [2.05, 4.69) is 20.2 Å². The van der Waals surface area contributed by atoms with Gasteiger partial charge in [0.1, 0.15) is 23.6 Å². The number of ether oxygens (including phenoxy) is 1. The summed E-state index contributed by atoms with van der Waals surface area (Å²) in [5, 5.41) is 2.93. The van der Waals surface area contributed by atoms with Gasteiger partial charge in [0.05, 0.1) is 6.04 Å². The lowest BCUT2D eigenvalue weighted by Crippen LogP contribution is -2.46. The number of rotatable bonds is 1. The lowest BCUT2D eigenvalue weighted by atomic mass is 10.0. The summed E-state index contributed by atoms with van der Waals surface area (Å²) in [7, 11) is 0. The number of fused-ring (bicyclic) bond motifs is 5. The van der Waals surface area contributed by atoms with Crippen LogP contribution in [0.5, 0.6) is 0 Å². The molecule has 1 aliphatic carbocycles. The van der Waals surface area contributed by atoms with Crippen molar-refractivity contribution in [1.29, 1.82) is 0 Å². The highest BCUT2D eigenvalue weighted by Gasteiger charge is 2.51. The molecule has 1 aromatic heterocycles. The Morgan fingerprint density at radius 1 is 1.21 bits per heavy atom. The van der Waals surface area contributed by atoms with Crippen LogP contribution >= 0.6 is 0 Å². The second-order valence-electron chi connectivity index (χ2n) is 9.52. The van der Waals surface area contributed by atoms with Crippen molar-refractivity contribution >= 4 is 23.6 Å². The Kier molecular flexibility index (Phi) is 3.83. The van der Waals surface area contributed by atoms with Gasteiger partial charge in [-0.15, -0.1) is 0 Å². The summed E-state index contributed by atoms with van der Waals surface area (Å²) in [6, 6.07) is 0.126. The number of aromatic nitrogens is 2. The predicted molar refractivity (Wildman–Crippen MR) is 103 cm³/mol. The van der Waals surface area contributed by atoms with Crippen molar-refractivity contribution in [2.45, 2.75) is 57.6 Å². The monoisotopic (exact) mass is 385 g/mol. The van der Waals surface area contributed by atoms with E-state index in [0.29, 0.717) is 11.7 Å². The quantitative estimate of drug-likeness (QED) is 0.799. The fraction of sp³-hybridized carbons (Fsp3) is 0.700. The SMILES string of the molecule is CC(C)(C)OC(=O)N1CC2CCN(c3ncnc4c3C3CC3C(=O)N4)CC1C2. The van der Waals surface area contributed by atoms with Crippen LogP contribution < -0.4 is 10.2 Å². The second kappa shape index (κ2) is 6.06. The molecule has 0 radical (unpaired) electrons. The summed E-state index contributed by atoms with van der Waals surface area (Å²) in [5.41, 5.74) is 0.586. The molecule has 28 heavy (non-hydrogen) atoms. The molecule has 150 valence electrons. The fourth-order valence-corrected chi connectivity index (χ4v) is 4.91. The number of likely N-dealkylation sites (tertiary alicyclic amines) is 1. The van der Waals surface area contributed by atoms with E-state index in [1.165, 1.54) is 6.33 Å². The van der Waals surface area contributed by atoms with Crippen LogP contribution in [0.15, 0.2) is 6.33 Å². The molecular formula is C20H27N5O3. The maximum absolute atomic E-state index is 12.7. The van der Waals surface area contributed by atoms with Gasteiger partial charge in [-0.2, -0.15) is 0 Å². The van der Waals surface area contributed by atoms with Gasteiger partial charge < -0.3 is 19.9 Å². The third-order valence-electron chi connectivity index (χ3n) is 6.27. The molecule has 0 aromatic carbocycles. The third kappa shape index (κ3) is 2.99. The molecule has 2 saturated heterocycles. The molecule has 0 spiro atoms. The fourth-order valence-electron chi connectivity index (χ4n) is 4.91. The van der Waals surface area contributed by atoms with Crippen LogP contribution in [0.1, 0.15) is 51.5 Å². The highest BCUT2D eigenvalue weighted by Crippen LogP contribution is 2.55. The molecule has 4 atom stereocenters. The number of nitrogens with one attached hydrogen (secondary N) is 1. The van der Waals surface area contributed by atoms with E-state index >= 15 is 0 Å². The standard InChI is InChI=1S/C20H27N5O3/c1-20(2,3)28-19(27)25-8-11-4-5-24(9-12(25)6-11)17-15-13-7-14(13)18(26)23-16(15)21-10-22-17/h10-14H,4-9H2,1-3H3,(H,21,22,23,26). The second-order valence-corrected chi connectivity index (χ2v) is 9.52. The Morgan fingerprint density at radius 2 is 2.04 bits per heavy atom. The van der Waals surface area contributed by atoms with E-state index in [-0.39, 0.29) is 29.9 Å². The zero-order valence-corrected chi connectivity index (χ0v) is 16.6. The van der Waals surface area contributed by atoms with E-state index in [1.54, 1.807) is 0 Å². The van der Waals surface area contributed by atoms with Gasteiger partial charge in [0.25, 0.3) is 0 Å². The van der Waals surface area contributed by atoms with Gasteiger partial charge in [0, 0.05) is 37.0 Å². The zero-order chi connectivity index (χ0) is 19.6. The van der Waals surface area contributed by atoms with E-state index in [1.807, 2.05) is 25.7 Å². The first-order valence-corrected chi connectivity index (χ1v) is 10.2. The Morgan fingerprint density at radius 3 is 2.82 bits per heavy atom. The molecule has 8 heteroatoms. The molecule has 4 aliphatic rings. The molecule has 3 aliphatic heterocycles. The predicted octanol–water partition coefficient (Wildman–Crippen LogP) is 2.37. The summed E-state index contributed by atoms with van der Waals surface area (Å²) in [4.78, 5) is 37.8. The molecule has 1 saturated carbocycles. The molecule has 4 heterocycles. The van der Waals surface area contributed by atoms with Crippen molar-refractivity contribution in [3.05, 3.63) is 11.9 Å². The van der Waals surface area contributed by atoms with Crippen LogP contribution in [0.2, 0.25) is 0 Å². The van der Waals surface area contributed by atoms with Gasteiger partial charge in [-0.1, -0.05) is 0 Å². The molecule has 1 aromatic rings. The van der Waals surface area contributed by atoms with Gasteiger partial charge >= 0.3 is 6.09 Å². The summed E-state index contributed by atoms with van der Waals surface area (Å²) in [6.07, 6.45) is 4.22. The van der Waals surface area contributed by atoms with E-state index in [0.717, 1.165) is 50.3 Å². The largest absolute Gasteiger partial charge is 0.444 e. The van der Waals surface area contributed by atoms with Crippen molar-refractivity contribution < 1.29 is 14.3 Å². The van der Waals surface area contributed by atoms with Crippen molar-refractivity contribution in [3.8, 4) is 0 Å². The lowest BCUT2D eigenvalue weighted by Gasteiger charge is -2.34. The van der Waals surface area contributed by atoms with E-state index in [4.69, 9.17) is 4.74 Å². The van der Waals surface area contributed by atoms with Crippen LogP contribution in [0.3, 0.4) is 0 Å². The summed E-state index contributed by atoms with van der Waals surface area (Å²) in [6.45, 7) is 8.14. The molecule has 8 nitrogen and oxygen atoms in total. The minimum Gasteiger partial charge on any atom is -0.444 e. The number of amides is 2. The van der Waals surface area contributed by atoms with Crippen LogP contribution in [0, 0.1) is 11.8 Å². The highest BCUT2D eigenvalue weighted by atomic mass is 16.6. The summed E-state index contributed by atoms with van der Waals surface area (Å²) >= 11 is 0. The first-order chi connectivity index (χ1) is 13.3. The first-order valence-electron chi connectivity index (χ1n) is 10.2. The van der Waals surface area contributed by atoms with Crippen molar-refractivity contribution in [1.82, 2.24) is 14.9 Å². The van der Waals surface area contributed by atoms with E-state index in [9.17, 15) is 9.59 Å². The van der Waals surface area contributed by atoms with E-state index < -0.39 is 5.60 Å². The molecule has 3 fully saturated rings. The maximum Gasteiger partial charge on any atom is 0.410 e. The lowest BCUT2D eigenvalue weighted by molar-refractivity contribution is -0.117. The Hall–Kier alpha value is -2.38. The average molecular weight is 385 g/mol. The van der Waals surface area contributed by atoms with Crippen molar-refractivity contribution in [2.75, 3.05) is 29.9 Å². The molecule has 4 unspecified atom stereocenters. The van der Waals surface area contributed by atoms with Crippen LogP contribution in [0.25, 0.3) is 0 Å². The zero-order valence-electron chi connectivity index (χ0n) is 16.6. The Labute approximate surface area is 164 Å². The average Bonchev–Trinajstić information content (AvgIpc) is 3.33. The van der Waals surface area contributed by atoms with Crippen LogP contribution in [-0.2, 0) is 9.53 Å². The van der Waals surface area contributed by atoms with Gasteiger partial charge in [-0.3, -0.25) is 4.79 Å². The Bertz CT molecular complexity index is 836. The van der Waals surface area contributed by atoms with Gasteiger partial charge in [-0.05, 0) is 46.0 Å². The number of carbonyl (C=O) groups is 2.